The molecule has 1 saturated carbocycles. The van der Waals surface area contributed by atoms with Crippen molar-refractivity contribution in [2.75, 3.05) is 6.26 Å². The van der Waals surface area contributed by atoms with Crippen molar-refractivity contribution in [3.8, 4) is 11.6 Å². The van der Waals surface area contributed by atoms with Gasteiger partial charge in [0.2, 0.25) is 5.88 Å². The normalized spacial score (nSPS) is 19.7. The third-order valence-electron chi connectivity index (χ3n) is 4.84. The average Bonchev–Trinajstić information content (AvgIpc) is 2.71. The number of nitrogens with zero attached hydrogens (tertiary/aromatic N) is 1. The molecule has 1 fully saturated rings. The van der Waals surface area contributed by atoms with E-state index in [2.05, 4.69) is 4.98 Å². The van der Waals surface area contributed by atoms with Crippen molar-refractivity contribution in [3.63, 3.8) is 0 Å². The Kier molecular flexibility index (Phi) is 7.23. The lowest BCUT2D eigenvalue weighted by atomic mass is 9.86. The number of Topliss-reactive ketones (excluding diaryl/α,β-unsaturated/α-hetero) is 1. The molecule has 2 aromatic rings. The molecule has 0 aliphatic heterocycles. The molecule has 2 atom stereocenters. The number of aromatic nitrogens is 1. The van der Waals surface area contributed by atoms with E-state index in [9.17, 15) is 14.3 Å². The molecule has 0 amide bonds. The van der Waals surface area contributed by atoms with Gasteiger partial charge in [0.25, 0.3) is 0 Å². The van der Waals surface area contributed by atoms with Gasteiger partial charge in [0.05, 0.1) is 17.9 Å². The molecule has 0 bridgehead atoms. The SMILES string of the molecule is CSc1cccc(Oc2ncc(F)cc2C(=O)C/C=C/[C@H]2CCCC[C@H]2O)c1. The third kappa shape index (κ3) is 5.42. The summed E-state index contributed by atoms with van der Waals surface area (Å²) in [7, 11) is 0. The number of aliphatic hydroxyl groups is 1. The number of allylic oxidation sites excluding steroid dienone is 1. The van der Waals surface area contributed by atoms with Crippen LogP contribution in [-0.4, -0.2) is 28.2 Å². The van der Waals surface area contributed by atoms with E-state index in [1.54, 1.807) is 23.9 Å². The van der Waals surface area contributed by atoms with Crippen molar-refractivity contribution in [1.29, 1.82) is 0 Å². The van der Waals surface area contributed by atoms with E-state index in [0.29, 0.717) is 5.75 Å². The number of ketones is 1. The van der Waals surface area contributed by atoms with E-state index >= 15 is 0 Å². The Labute approximate surface area is 168 Å². The Morgan fingerprint density at radius 2 is 2.18 bits per heavy atom. The summed E-state index contributed by atoms with van der Waals surface area (Å²) in [5.74, 6) is -0.140. The molecule has 28 heavy (non-hydrogen) atoms. The van der Waals surface area contributed by atoms with Gasteiger partial charge >= 0.3 is 0 Å². The van der Waals surface area contributed by atoms with Crippen molar-refractivity contribution in [3.05, 3.63) is 60.1 Å². The lowest BCUT2D eigenvalue weighted by molar-refractivity contribution is 0.0920. The first-order chi connectivity index (χ1) is 13.6. The lowest BCUT2D eigenvalue weighted by Crippen LogP contribution is -2.22. The Balaban J connectivity index is 1.73. The molecular formula is C22H24FNO3S. The molecule has 3 rings (SSSR count). The van der Waals surface area contributed by atoms with E-state index in [1.807, 2.05) is 30.5 Å². The average molecular weight is 402 g/mol. The summed E-state index contributed by atoms with van der Waals surface area (Å²) >= 11 is 1.57. The number of pyridine rings is 1. The molecule has 0 spiro atoms. The van der Waals surface area contributed by atoms with Gasteiger partial charge in [-0.15, -0.1) is 11.8 Å². The molecule has 1 heterocycles. The number of benzene rings is 1. The summed E-state index contributed by atoms with van der Waals surface area (Å²) in [4.78, 5) is 17.6. The third-order valence-corrected chi connectivity index (χ3v) is 5.57. The topological polar surface area (TPSA) is 59.4 Å². The predicted molar refractivity (Wildman–Crippen MR) is 109 cm³/mol. The zero-order valence-electron chi connectivity index (χ0n) is 15.8. The van der Waals surface area contributed by atoms with Crippen molar-refractivity contribution in [2.24, 2.45) is 5.92 Å². The Hall–Kier alpha value is -2.18. The molecule has 1 N–H and O–H groups in total. The van der Waals surface area contributed by atoms with E-state index in [4.69, 9.17) is 4.74 Å². The largest absolute Gasteiger partial charge is 0.438 e. The van der Waals surface area contributed by atoms with Gasteiger partial charge in [-0.1, -0.05) is 31.1 Å². The van der Waals surface area contributed by atoms with Crippen LogP contribution in [0.15, 0.2) is 53.6 Å². The molecule has 1 aromatic carbocycles. The first-order valence-electron chi connectivity index (χ1n) is 9.42. The maximum atomic E-state index is 13.7. The van der Waals surface area contributed by atoms with E-state index < -0.39 is 5.82 Å². The number of ether oxygens (including phenoxy) is 1. The fourth-order valence-electron chi connectivity index (χ4n) is 3.31. The number of carbonyl (C=O) groups is 1. The Bertz CT molecular complexity index is 855. The number of thioether (sulfide) groups is 1. The summed E-state index contributed by atoms with van der Waals surface area (Å²) in [6.45, 7) is 0. The molecule has 0 saturated heterocycles. The fraction of sp³-hybridized carbons (Fsp3) is 0.364. The van der Waals surface area contributed by atoms with Crippen molar-refractivity contribution in [2.45, 2.75) is 43.1 Å². The van der Waals surface area contributed by atoms with Crippen LogP contribution in [-0.2, 0) is 0 Å². The van der Waals surface area contributed by atoms with Gasteiger partial charge < -0.3 is 9.84 Å². The first-order valence-corrected chi connectivity index (χ1v) is 10.6. The molecular weight excluding hydrogens is 377 g/mol. The van der Waals surface area contributed by atoms with Crippen LogP contribution in [0.3, 0.4) is 0 Å². The summed E-state index contributed by atoms with van der Waals surface area (Å²) in [6, 6.07) is 8.57. The number of carbonyl (C=O) groups excluding carboxylic acids is 1. The van der Waals surface area contributed by atoms with Gasteiger partial charge in [-0.2, -0.15) is 0 Å². The summed E-state index contributed by atoms with van der Waals surface area (Å²) in [5, 5.41) is 10.0. The van der Waals surface area contributed by atoms with Crippen LogP contribution >= 0.6 is 11.8 Å². The highest BCUT2D eigenvalue weighted by Gasteiger charge is 2.21. The molecule has 1 aromatic heterocycles. The minimum atomic E-state index is -0.583. The number of aliphatic hydroxyl groups excluding tert-OH is 1. The Morgan fingerprint density at radius 1 is 1.36 bits per heavy atom. The van der Waals surface area contributed by atoms with Crippen molar-refractivity contribution in [1.82, 2.24) is 4.98 Å². The van der Waals surface area contributed by atoms with Gasteiger partial charge in [-0.25, -0.2) is 9.37 Å². The first kappa shape index (κ1) is 20.6. The molecule has 148 valence electrons. The molecule has 1 aliphatic rings. The van der Waals surface area contributed by atoms with Gasteiger partial charge in [0.15, 0.2) is 5.78 Å². The highest BCUT2D eigenvalue weighted by Crippen LogP contribution is 2.28. The molecule has 1 aliphatic carbocycles. The number of halogens is 1. The standard InChI is InChI=1S/C22H24FNO3S/c1-28-18-9-5-8-17(13-18)27-22-19(12-16(23)14-24-22)21(26)11-4-7-15-6-2-3-10-20(15)25/h4-5,7-9,12-15,20,25H,2-3,6,10-11H2,1H3/b7-4+/t15-,20-/m1/s1. The maximum Gasteiger partial charge on any atom is 0.230 e. The zero-order chi connectivity index (χ0) is 19.9. The van der Waals surface area contributed by atoms with E-state index in [1.165, 1.54) is 0 Å². The number of hydrogen-bond donors (Lipinski definition) is 1. The highest BCUT2D eigenvalue weighted by atomic mass is 32.2. The van der Waals surface area contributed by atoms with Crippen LogP contribution < -0.4 is 4.74 Å². The second kappa shape index (κ2) is 9.85. The van der Waals surface area contributed by atoms with Crippen LogP contribution in [0.2, 0.25) is 0 Å². The molecule has 0 radical (unpaired) electrons. The van der Waals surface area contributed by atoms with Gasteiger partial charge in [0.1, 0.15) is 11.6 Å². The zero-order valence-corrected chi connectivity index (χ0v) is 16.6. The summed E-state index contributed by atoms with van der Waals surface area (Å²) in [6.07, 6.45) is 10.3. The number of rotatable bonds is 7. The van der Waals surface area contributed by atoms with Gasteiger partial charge in [0, 0.05) is 17.2 Å². The van der Waals surface area contributed by atoms with Crippen molar-refractivity contribution >= 4 is 17.5 Å². The smallest absolute Gasteiger partial charge is 0.230 e. The second-order valence-corrected chi connectivity index (χ2v) is 7.74. The number of hydrogen-bond acceptors (Lipinski definition) is 5. The van der Waals surface area contributed by atoms with Crippen molar-refractivity contribution < 1.29 is 19.0 Å². The van der Waals surface area contributed by atoms with Gasteiger partial charge in [-0.05, 0) is 43.4 Å². The van der Waals surface area contributed by atoms with Crippen LogP contribution in [0.5, 0.6) is 11.6 Å². The lowest BCUT2D eigenvalue weighted by Gasteiger charge is -2.24. The monoisotopic (exact) mass is 401 g/mol. The van der Waals surface area contributed by atoms with Crippen LogP contribution in [0, 0.1) is 11.7 Å². The maximum absolute atomic E-state index is 13.7. The second-order valence-electron chi connectivity index (χ2n) is 6.86. The van der Waals surface area contributed by atoms with Crippen LogP contribution in [0.1, 0.15) is 42.5 Å². The molecule has 0 unspecified atom stereocenters. The van der Waals surface area contributed by atoms with E-state index in [-0.39, 0.29) is 35.7 Å². The summed E-state index contributed by atoms with van der Waals surface area (Å²) < 4.78 is 19.5. The fourth-order valence-corrected chi connectivity index (χ4v) is 3.76. The van der Waals surface area contributed by atoms with Gasteiger partial charge in [-0.3, -0.25) is 4.79 Å². The molecule has 4 nitrogen and oxygen atoms in total. The Morgan fingerprint density at radius 3 is 2.96 bits per heavy atom. The predicted octanol–water partition coefficient (Wildman–Crippen LogP) is 5.42. The van der Waals surface area contributed by atoms with Crippen LogP contribution in [0.25, 0.3) is 0 Å². The van der Waals surface area contributed by atoms with E-state index in [0.717, 1.165) is 42.8 Å². The quantitative estimate of drug-likeness (QED) is 0.382. The minimum absolute atomic E-state index is 0.0807. The minimum Gasteiger partial charge on any atom is -0.438 e. The van der Waals surface area contributed by atoms with Crippen LogP contribution in [0.4, 0.5) is 4.39 Å². The summed E-state index contributed by atoms with van der Waals surface area (Å²) in [5.41, 5.74) is 0.114. The molecule has 6 heteroatoms. The highest BCUT2D eigenvalue weighted by molar-refractivity contribution is 7.98.